The van der Waals surface area contributed by atoms with Gasteiger partial charge in [-0.05, 0) is 42.5 Å². The van der Waals surface area contributed by atoms with E-state index in [9.17, 15) is 0 Å². The van der Waals surface area contributed by atoms with E-state index in [1.54, 1.807) is 17.0 Å². The summed E-state index contributed by atoms with van der Waals surface area (Å²) in [5.74, 6) is 0.600. The summed E-state index contributed by atoms with van der Waals surface area (Å²) < 4.78 is 3.61. The van der Waals surface area contributed by atoms with Crippen LogP contribution in [0.4, 0.5) is 0 Å². The quantitative estimate of drug-likeness (QED) is 0.425. The van der Waals surface area contributed by atoms with Gasteiger partial charge in [0.1, 0.15) is 17.7 Å². The lowest BCUT2D eigenvalue weighted by molar-refractivity contribution is 0.921. The van der Waals surface area contributed by atoms with E-state index in [-0.39, 0.29) is 0 Å². The Morgan fingerprint density at radius 1 is 0.857 bits per heavy atom. The molecule has 0 aliphatic carbocycles. The number of fused-ring (bicyclic) bond motifs is 1. The highest BCUT2D eigenvalue weighted by molar-refractivity contribution is 6.33. The normalized spacial score (nSPS) is 11.2. The van der Waals surface area contributed by atoms with Crippen molar-refractivity contribution in [3.05, 3.63) is 83.2 Å². The molecule has 0 aliphatic heterocycles. The van der Waals surface area contributed by atoms with Crippen molar-refractivity contribution in [2.75, 3.05) is 0 Å². The van der Waals surface area contributed by atoms with E-state index in [2.05, 4.69) is 15.3 Å². The van der Waals surface area contributed by atoms with Crippen LogP contribution in [0, 0.1) is 0 Å². The van der Waals surface area contributed by atoms with Crippen molar-refractivity contribution in [2.45, 2.75) is 0 Å². The second kappa shape index (κ2) is 6.74. The Balaban J connectivity index is 1.81. The van der Waals surface area contributed by atoms with E-state index in [0.29, 0.717) is 32.9 Å². The lowest BCUT2D eigenvalue weighted by atomic mass is 10.1. The van der Waals surface area contributed by atoms with Crippen molar-refractivity contribution in [1.29, 1.82) is 0 Å². The van der Waals surface area contributed by atoms with Crippen LogP contribution >= 0.6 is 23.2 Å². The van der Waals surface area contributed by atoms with Gasteiger partial charge in [-0.2, -0.15) is 5.10 Å². The van der Waals surface area contributed by atoms with Gasteiger partial charge in [0.25, 0.3) is 0 Å². The maximum Gasteiger partial charge on any atom is 0.189 e. The lowest BCUT2D eigenvalue weighted by Crippen LogP contribution is -2.01. The zero-order valence-corrected chi connectivity index (χ0v) is 15.9. The number of imidazole rings is 1. The first kappa shape index (κ1) is 16.9. The zero-order valence-electron chi connectivity index (χ0n) is 14.4. The maximum absolute atomic E-state index is 6.47. The second-order valence-corrected chi connectivity index (χ2v) is 6.93. The third-order valence-corrected chi connectivity index (χ3v) is 4.97. The van der Waals surface area contributed by atoms with Crippen molar-refractivity contribution in [3.63, 3.8) is 0 Å². The summed E-state index contributed by atoms with van der Waals surface area (Å²) in [7, 11) is 0. The highest BCUT2D eigenvalue weighted by Gasteiger charge is 2.23. The predicted molar refractivity (Wildman–Crippen MR) is 109 cm³/mol. The molecular formula is C20H12Cl2N6. The largest absolute Gasteiger partial charge is 0.280 e. The molecule has 0 saturated heterocycles. The first-order chi connectivity index (χ1) is 13.7. The fourth-order valence-corrected chi connectivity index (χ4v) is 3.47. The summed E-state index contributed by atoms with van der Waals surface area (Å²) in [6, 6.07) is 18.7. The minimum absolute atomic E-state index is 0.600. The predicted octanol–water partition coefficient (Wildman–Crippen LogP) is 4.95. The first-order valence-electron chi connectivity index (χ1n) is 8.47. The highest BCUT2D eigenvalue weighted by Crippen LogP contribution is 2.35. The van der Waals surface area contributed by atoms with Crippen molar-refractivity contribution < 1.29 is 0 Å². The average molecular weight is 407 g/mol. The van der Waals surface area contributed by atoms with Gasteiger partial charge in [-0.25, -0.2) is 9.50 Å². The number of aromatic nitrogens is 6. The van der Waals surface area contributed by atoms with Crippen molar-refractivity contribution in [3.8, 4) is 28.5 Å². The van der Waals surface area contributed by atoms with Gasteiger partial charge in [-0.15, -0.1) is 10.2 Å². The molecule has 0 N–H and O–H groups in total. The van der Waals surface area contributed by atoms with Gasteiger partial charge in [-0.1, -0.05) is 41.4 Å². The Hall–Kier alpha value is -3.22. The molecule has 8 heteroatoms. The minimum atomic E-state index is 0.600. The molecule has 0 unspecified atom stereocenters. The molecule has 6 nitrogen and oxygen atoms in total. The molecular weight excluding hydrogens is 395 g/mol. The van der Waals surface area contributed by atoms with E-state index in [4.69, 9.17) is 28.2 Å². The van der Waals surface area contributed by atoms with Crippen LogP contribution in [0.3, 0.4) is 0 Å². The van der Waals surface area contributed by atoms with Crippen molar-refractivity contribution in [2.24, 2.45) is 0 Å². The van der Waals surface area contributed by atoms with Crippen LogP contribution in [-0.2, 0) is 0 Å². The lowest BCUT2D eigenvalue weighted by Gasteiger charge is -2.09. The van der Waals surface area contributed by atoms with Crippen LogP contribution < -0.4 is 0 Å². The summed E-state index contributed by atoms with van der Waals surface area (Å²) in [6.07, 6.45) is 3.36. The molecule has 0 fully saturated rings. The molecule has 5 aromatic rings. The summed E-state index contributed by atoms with van der Waals surface area (Å²) >= 11 is 12.5. The van der Waals surface area contributed by atoms with E-state index < -0.39 is 0 Å². The number of halogens is 2. The third kappa shape index (κ3) is 2.74. The molecule has 5 rings (SSSR count). The van der Waals surface area contributed by atoms with Gasteiger partial charge in [0.15, 0.2) is 11.5 Å². The maximum atomic E-state index is 6.47. The molecule has 28 heavy (non-hydrogen) atoms. The van der Waals surface area contributed by atoms with Crippen LogP contribution in [0.1, 0.15) is 0 Å². The van der Waals surface area contributed by atoms with Gasteiger partial charge < -0.3 is 0 Å². The van der Waals surface area contributed by atoms with Gasteiger partial charge in [0, 0.05) is 22.5 Å². The van der Waals surface area contributed by atoms with E-state index in [1.165, 1.54) is 0 Å². The molecule has 0 amide bonds. The molecule has 3 heterocycles. The van der Waals surface area contributed by atoms with Gasteiger partial charge in [0.2, 0.25) is 0 Å². The third-order valence-electron chi connectivity index (χ3n) is 4.39. The number of nitrogens with zero attached hydrogens (tertiary/aromatic N) is 6. The fraction of sp³-hybridized carbons (Fsp3) is 0. The van der Waals surface area contributed by atoms with Crippen LogP contribution in [0.15, 0.2) is 73.2 Å². The van der Waals surface area contributed by atoms with E-state index in [1.807, 2.05) is 65.2 Å². The smallest absolute Gasteiger partial charge is 0.189 e. The Kier molecular flexibility index (Phi) is 4.07. The van der Waals surface area contributed by atoms with Crippen molar-refractivity contribution in [1.82, 2.24) is 29.4 Å². The molecule has 0 saturated carbocycles. The second-order valence-electron chi connectivity index (χ2n) is 6.08. The van der Waals surface area contributed by atoms with Crippen LogP contribution in [0.25, 0.3) is 34.1 Å². The SMILES string of the molecule is Clc1ccc(-n2cnnc2-c2c(-c3ccccc3Cl)nc3cccnn23)cc1. The number of benzene rings is 2. The summed E-state index contributed by atoms with van der Waals surface area (Å²) in [6.45, 7) is 0. The first-order valence-corrected chi connectivity index (χ1v) is 9.23. The molecule has 0 bridgehead atoms. The Morgan fingerprint density at radius 3 is 2.50 bits per heavy atom. The van der Waals surface area contributed by atoms with Gasteiger partial charge in [-0.3, -0.25) is 4.57 Å². The molecule has 0 atom stereocenters. The van der Waals surface area contributed by atoms with Crippen LogP contribution in [0.5, 0.6) is 0 Å². The van der Waals surface area contributed by atoms with E-state index >= 15 is 0 Å². The summed E-state index contributed by atoms with van der Waals surface area (Å²) in [5, 5.41) is 14.2. The monoisotopic (exact) mass is 406 g/mol. The molecule has 3 aromatic heterocycles. The molecule has 0 radical (unpaired) electrons. The molecule has 136 valence electrons. The molecule has 0 spiro atoms. The Labute approximate surface area is 170 Å². The standard InChI is InChI=1S/C20H12Cl2N6/c21-13-7-9-14(10-8-13)27-12-23-26-20(27)19-18(15-4-1-2-5-16(15)22)25-17-6-3-11-24-28(17)19/h1-12H. The summed E-state index contributed by atoms with van der Waals surface area (Å²) in [4.78, 5) is 4.76. The highest BCUT2D eigenvalue weighted by atomic mass is 35.5. The number of hydrogen-bond donors (Lipinski definition) is 0. The summed E-state index contributed by atoms with van der Waals surface area (Å²) in [5.41, 5.74) is 3.76. The number of hydrogen-bond acceptors (Lipinski definition) is 4. The Morgan fingerprint density at radius 2 is 1.68 bits per heavy atom. The molecule has 0 aliphatic rings. The van der Waals surface area contributed by atoms with Gasteiger partial charge in [0.05, 0.1) is 5.02 Å². The average Bonchev–Trinajstić information content (AvgIpc) is 3.33. The van der Waals surface area contributed by atoms with Crippen molar-refractivity contribution >= 4 is 28.8 Å². The van der Waals surface area contributed by atoms with Gasteiger partial charge >= 0.3 is 0 Å². The molecule has 2 aromatic carbocycles. The topological polar surface area (TPSA) is 60.9 Å². The van der Waals surface area contributed by atoms with Crippen LogP contribution in [-0.4, -0.2) is 29.4 Å². The van der Waals surface area contributed by atoms with Crippen LogP contribution in [0.2, 0.25) is 10.0 Å². The van der Waals surface area contributed by atoms with E-state index in [0.717, 1.165) is 11.3 Å². The zero-order chi connectivity index (χ0) is 19.1. The fourth-order valence-electron chi connectivity index (χ4n) is 3.12. The number of rotatable bonds is 3. The Bertz CT molecular complexity index is 1290. The minimum Gasteiger partial charge on any atom is -0.280 e.